The number of carbonyl (C=O) groups is 1. The van der Waals surface area contributed by atoms with Crippen LogP contribution in [0.5, 0.6) is 0 Å². The van der Waals surface area contributed by atoms with Gasteiger partial charge >= 0.3 is 0 Å². The van der Waals surface area contributed by atoms with E-state index >= 15 is 0 Å². The molecule has 1 aliphatic rings. The number of anilines is 1. The fourth-order valence-electron chi connectivity index (χ4n) is 3.22. The second-order valence-corrected chi connectivity index (χ2v) is 6.34. The summed E-state index contributed by atoms with van der Waals surface area (Å²) in [7, 11) is 1.72. The van der Waals surface area contributed by atoms with Gasteiger partial charge in [-0.25, -0.2) is 0 Å². The van der Waals surface area contributed by atoms with Crippen LogP contribution >= 0.6 is 0 Å². The van der Waals surface area contributed by atoms with Crippen LogP contribution in [0.4, 0.5) is 5.82 Å². The van der Waals surface area contributed by atoms with Crippen molar-refractivity contribution in [3.63, 3.8) is 0 Å². The Morgan fingerprint density at radius 2 is 2.00 bits per heavy atom. The smallest absolute Gasteiger partial charge is 0.263 e. The number of hydrogen-bond acceptors (Lipinski definition) is 4. The molecular formula is C17H22N4O3. The average Bonchev–Trinajstić information content (AvgIpc) is 2.94. The van der Waals surface area contributed by atoms with E-state index in [4.69, 9.17) is 0 Å². The van der Waals surface area contributed by atoms with Gasteiger partial charge in [-0.1, -0.05) is 0 Å². The number of pyridine rings is 1. The summed E-state index contributed by atoms with van der Waals surface area (Å²) in [6, 6.07) is 3.51. The normalized spacial score (nSPS) is 20.8. The van der Waals surface area contributed by atoms with Crippen molar-refractivity contribution in [3.8, 4) is 0 Å². The lowest BCUT2D eigenvalue weighted by molar-refractivity contribution is 0.101. The molecule has 128 valence electrons. The second-order valence-electron chi connectivity index (χ2n) is 6.34. The Bertz CT molecular complexity index is 800. The van der Waals surface area contributed by atoms with Crippen molar-refractivity contribution < 1.29 is 9.90 Å². The Morgan fingerprint density at radius 3 is 2.62 bits per heavy atom. The van der Waals surface area contributed by atoms with Gasteiger partial charge in [0.15, 0.2) is 0 Å². The first-order chi connectivity index (χ1) is 11.5. The first kappa shape index (κ1) is 16.4. The molecule has 0 aliphatic heterocycles. The van der Waals surface area contributed by atoms with E-state index in [1.165, 1.54) is 4.68 Å². The number of amides is 1. The van der Waals surface area contributed by atoms with Crippen LogP contribution in [0.1, 0.15) is 47.6 Å². The minimum atomic E-state index is -0.425. The summed E-state index contributed by atoms with van der Waals surface area (Å²) in [5.74, 6) is 0.112. The van der Waals surface area contributed by atoms with Crippen LogP contribution in [0.25, 0.3) is 0 Å². The van der Waals surface area contributed by atoms with Gasteiger partial charge in [0.2, 0.25) is 0 Å². The Morgan fingerprint density at radius 1 is 1.29 bits per heavy atom. The van der Waals surface area contributed by atoms with Gasteiger partial charge in [-0.2, -0.15) is 5.10 Å². The minimum absolute atomic E-state index is 0.0322. The zero-order chi connectivity index (χ0) is 17.3. The van der Waals surface area contributed by atoms with Crippen molar-refractivity contribution in [3.05, 3.63) is 46.0 Å². The number of nitrogens with zero attached hydrogens (tertiary/aromatic N) is 3. The van der Waals surface area contributed by atoms with Crippen LogP contribution in [0.2, 0.25) is 0 Å². The maximum atomic E-state index is 12.8. The molecule has 0 unspecified atom stereocenters. The van der Waals surface area contributed by atoms with Gasteiger partial charge in [-0.05, 0) is 44.2 Å². The largest absolute Gasteiger partial charge is 0.393 e. The molecule has 0 spiro atoms. The van der Waals surface area contributed by atoms with Gasteiger partial charge in [0.05, 0.1) is 12.3 Å². The molecule has 1 saturated carbocycles. The molecule has 2 heterocycles. The van der Waals surface area contributed by atoms with Crippen molar-refractivity contribution in [2.45, 2.75) is 44.8 Å². The first-order valence-corrected chi connectivity index (χ1v) is 8.16. The Balaban J connectivity index is 1.90. The van der Waals surface area contributed by atoms with Crippen molar-refractivity contribution in [2.24, 2.45) is 7.05 Å². The molecule has 7 nitrogen and oxygen atoms in total. The zero-order valence-corrected chi connectivity index (χ0v) is 13.9. The number of aliphatic hydroxyl groups is 1. The van der Waals surface area contributed by atoms with E-state index in [1.54, 1.807) is 43.1 Å². The molecule has 1 amide bonds. The van der Waals surface area contributed by atoms with E-state index in [0.717, 1.165) is 12.8 Å². The van der Waals surface area contributed by atoms with Crippen LogP contribution in [0.15, 0.2) is 29.3 Å². The topological polar surface area (TPSA) is 89.2 Å². The number of aromatic nitrogens is 3. The van der Waals surface area contributed by atoms with Crippen molar-refractivity contribution in [1.29, 1.82) is 0 Å². The third kappa shape index (κ3) is 3.12. The quantitative estimate of drug-likeness (QED) is 0.895. The summed E-state index contributed by atoms with van der Waals surface area (Å²) in [6.07, 6.45) is 5.90. The van der Waals surface area contributed by atoms with Gasteiger partial charge in [-0.15, -0.1) is 0 Å². The van der Waals surface area contributed by atoms with E-state index < -0.39 is 5.91 Å². The summed E-state index contributed by atoms with van der Waals surface area (Å²) in [6.45, 7) is 1.76. The van der Waals surface area contributed by atoms with Crippen LogP contribution in [-0.2, 0) is 7.05 Å². The molecule has 2 aromatic rings. The highest BCUT2D eigenvalue weighted by Crippen LogP contribution is 2.27. The highest BCUT2D eigenvalue weighted by Gasteiger charge is 2.24. The molecule has 24 heavy (non-hydrogen) atoms. The van der Waals surface area contributed by atoms with Gasteiger partial charge < -0.3 is 15.0 Å². The Labute approximate surface area is 139 Å². The molecule has 1 fully saturated rings. The summed E-state index contributed by atoms with van der Waals surface area (Å²) in [5.41, 5.74) is 0.521. The molecule has 0 bridgehead atoms. The number of aryl methyl sites for hydroxylation is 2. The fourth-order valence-corrected chi connectivity index (χ4v) is 3.22. The molecule has 3 rings (SSSR count). The molecular weight excluding hydrogens is 308 g/mol. The summed E-state index contributed by atoms with van der Waals surface area (Å²) < 4.78 is 3.17. The molecule has 2 N–H and O–H groups in total. The molecule has 0 aromatic carbocycles. The van der Waals surface area contributed by atoms with Gasteiger partial charge in [-0.3, -0.25) is 14.3 Å². The lowest BCUT2D eigenvalue weighted by Crippen LogP contribution is -2.34. The van der Waals surface area contributed by atoms with Crippen molar-refractivity contribution >= 4 is 11.7 Å². The number of hydrogen-bond donors (Lipinski definition) is 2. The number of nitrogens with one attached hydrogen (secondary N) is 1. The van der Waals surface area contributed by atoms with Crippen molar-refractivity contribution in [1.82, 2.24) is 14.3 Å². The van der Waals surface area contributed by atoms with E-state index in [-0.39, 0.29) is 23.3 Å². The second kappa shape index (κ2) is 6.60. The third-order valence-electron chi connectivity index (χ3n) is 4.68. The predicted octanol–water partition coefficient (Wildman–Crippen LogP) is 1.62. The summed E-state index contributed by atoms with van der Waals surface area (Å²) >= 11 is 0. The highest BCUT2D eigenvalue weighted by atomic mass is 16.3. The Hall–Kier alpha value is -2.41. The van der Waals surface area contributed by atoms with Gasteiger partial charge in [0.1, 0.15) is 11.4 Å². The number of aliphatic hydroxyl groups excluding tert-OH is 1. The van der Waals surface area contributed by atoms with Crippen LogP contribution in [0.3, 0.4) is 0 Å². The monoisotopic (exact) mass is 330 g/mol. The molecule has 0 radical (unpaired) electrons. The summed E-state index contributed by atoms with van der Waals surface area (Å²) in [4.78, 5) is 25.4. The van der Waals surface area contributed by atoms with Crippen LogP contribution in [0, 0.1) is 6.92 Å². The fraction of sp³-hybridized carbons (Fsp3) is 0.471. The zero-order valence-electron chi connectivity index (χ0n) is 13.9. The molecule has 2 aromatic heterocycles. The Kier molecular flexibility index (Phi) is 4.53. The molecule has 7 heteroatoms. The first-order valence-electron chi connectivity index (χ1n) is 8.16. The minimum Gasteiger partial charge on any atom is -0.393 e. The van der Waals surface area contributed by atoms with Crippen LogP contribution in [-0.4, -0.2) is 31.5 Å². The van der Waals surface area contributed by atoms with Gasteiger partial charge in [0.25, 0.3) is 11.5 Å². The maximum absolute atomic E-state index is 12.8. The molecule has 0 atom stereocenters. The summed E-state index contributed by atoms with van der Waals surface area (Å²) in [5, 5.41) is 16.4. The van der Waals surface area contributed by atoms with E-state index in [2.05, 4.69) is 10.4 Å². The predicted molar refractivity (Wildman–Crippen MR) is 90.1 cm³/mol. The maximum Gasteiger partial charge on any atom is 0.263 e. The molecule has 0 saturated heterocycles. The third-order valence-corrected chi connectivity index (χ3v) is 4.68. The average molecular weight is 330 g/mol. The SMILES string of the molecule is Cc1ccn(C2CCC(O)CC2)c(=O)c1C(=O)Nc1ccnn1C. The number of carbonyl (C=O) groups excluding carboxylic acids is 1. The number of rotatable bonds is 3. The lowest BCUT2D eigenvalue weighted by atomic mass is 9.92. The van der Waals surface area contributed by atoms with Crippen LogP contribution < -0.4 is 10.9 Å². The molecule has 1 aliphatic carbocycles. The van der Waals surface area contributed by atoms with E-state index in [0.29, 0.717) is 24.2 Å². The van der Waals surface area contributed by atoms with Gasteiger partial charge in [0, 0.05) is 25.4 Å². The van der Waals surface area contributed by atoms with E-state index in [1.807, 2.05) is 0 Å². The highest BCUT2D eigenvalue weighted by molar-refractivity contribution is 6.04. The lowest BCUT2D eigenvalue weighted by Gasteiger charge is -2.27. The standard InChI is InChI=1S/C17H22N4O3/c1-11-8-10-21(12-3-5-13(22)6-4-12)17(24)15(11)16(23)19-14-7-9-18-20(14)2/h7-10,12-13,22H,3-6H2,1-2H3,(H,19,23). The van der Waals surface area contributed by atoms with Crippen molar-refractivity contribution in [2.75, 3.05) is 5.32 Å². The van der Waals surface area contributed by atoms with E-state index in [9.17, 15) is 14.7 Å².